The number of nitrogens with one attached hydrogen (secondary N) is 1. The summed E-state index contributed by atoms with van der Waals surface area (Å²) in [6.07, 6.45) is -3.04. The van der Waals surface area contributed by atoms with Crippen LogP contribution in [0.4, 0.5) is 13.2 Å². The van der Waals surface area contributed by atoms with Crippen LogP contribution in [0.3, 0.4) is 0 Å². The molecule has 1 unspecified atom stereocenters. The monoisotopic (exact) mass is 227 g/mol. The van der Waals surface area contributed by atoms with Crippen molar-refractivity contribution in [1.82, 2.24) is 5.32 Å². The van der Waals surface area contributed by atoms with Crippen molar-refractivity contribution in [2.24, 2.45) is 5.92 Å². The van der Waals surface area contributed by atoms with Gasteiger partial charge in [-0.3, -0.25) is 4.79 Å². The van der Waals surface area contributed by atoms with E-state index in [1.54, 1.807) is 0 Å². The Kier molecular flexibility index (Phi) is 6.31. The average Bonchev–Trinajstić information content (AvgIpc) is 2.07. The van der Waals surface area contributed by atoms with Gasteiger partial charge >= 0.3 is 12.1 Å². The van der Waals surface area contributed by atoms with Crippen molar-refractivity contribution < 1.29 is 23.1 Å². The molecule has 0 aromatic heterocycles. The third-order valence-electron chi connectivity index (χ3n) is 1.99. The number of hydrogen-bond donors (Lipinski definition) is 2. The molecule has 0 aliphatic rings. The predicted octanol–water partition coefficient (Wildman–Crippen LogP) is 2.03. The molecule has 0 aromatic carbocycles. The zero-order valence-electron chi connectivity index (χ0n) is 8.60. The van der Waals surface area contributed by atoms with Crippen molar-refractivity contribution in [2.45, 2.75) is 32.4 Å². The van der Waals surface area contributed by atoms with Crippen molar-refractivity contribution in [3.63, 3.8) is 0 Å². The molecule has 0 saturated heterocycles. The van der Waals surface area contributed by atoms with Crippen molar-refractivity contribution in [3.8, 4) is 0 Å². The van der Waals surface area contributed by atoms with Crippen LogP contribution in [0.2, 0.25) is 0 Å². The van der Waals surface area contributed by atoms with Gasteiger partial charge in [-0.1, -0.05) is 6.92 Å². The molecule has 0 amide bonds. The van der Waals surface area contributed by atoms with E-state index >= 15 is 0 Å². The molecule has 90 valence electrons. The van der Waals surface area contributed by atoms with Gasteiger partial charge in [-0.25, -0.2) is 0 Å². The summed E-state index contributed by atoms with van der Waals surface area (Å²) in [6, 6.07) is 0. The van der Waals surface area contributed by atoms with Gasteiger partial charge in [-0.05, 0) is 25.3 Å². The lowest BCUT2D eigenvalue weighted by Gasteiger charge is -2.11. The molecule has 0 spiro atoms. The van der Waals surface area contributed by atoms with Crippen LogP contribution in [0.1, 0.15) is 26.2 Å². The van der Waals surface area contributed by atoms with E-state index in [4.69, 9.17) is 5.11 Å². The van der Waals surface area contributed by atoms with Gasteiger partial charge in [-0.2, -0.15) is 13.2 Å². The second-order valence-corrected chi connectivity index (χ2v) is 3.62. The van der Waals surface area contributed by atoms with Gasteiger partial charge < -0.3 is 10.4 Å². The van der Waals surface area contributed by atoms with Crippen molar-refractivity contribution in [2.75, 3.05) is 13.1 Å². The van der Waals surface area contributed by atoms with E-state index < -0.39 is 18.7 Å². The Morgan fingerprint density at radius 1 is 1.40 bits per heavy atom. The highest BCUT2D eigenvalue weighted by atomic mass is 19.4. The van der Waals surface area contributed by atoms with E-state index in [0.717, 1.165) is 0 Å². The lowest BCUT2D eigenvalue weighted by molar-refractivity contribution is -0.137. The summed E-state index contributed by atoms with van der Waals surface area (Å²) in [6.45, 7) is 1.11. The molecule has 0 saturated carbocycles. The molecule has 0 radical (unpaired) electrons. The smallest absolute Gasteiger partial charge is 0.401 e. The Labute approximate surface area is 86.7 Å². The summed E-state index contributed by atoms with van der Waals surface area (Å²) in [5, 5.41) is 10.6. The fourth-order valence-electron chi connectivity index (χ4n) is 1.09. The predicted molar refractivity (Wildman–Crippen MR) is 49.6 cm³/mol. The van der Waals surface area contributed by atoms with E-state index in [1.807, 2.05) is 6.92 Å². The Balaban J connectivity index is 3.39. The van der Waals surface area contributed by atoms with Crippen LogP contribution in [0.15, 0.2) is 0 Å². The van der Waals surface area contributed by atoms with Gasteiger partial charge in [0.1, 0.15) is 0 Å². The molecule has 3 nitrogen and oxygen atoms in total. The molecule has 0 aliphatic carbocycles. The van der Waals surface area contributed by atoms with Gasteiger partial charge in [0.15, 0.2) is 0 Å². The standard InChI is InChI=1S/C9H16F3NO2/c1-7(2-3-8(14)15)4-5-13-6-9(10,11)12/h7,13H,2-6H2,1H3,(H,14,15). The summed E-state index contributed by atoms with van der Waals surface area (Å²) in [5.41, 5.74) is 0. The Hall–Kier alpha value is -0.780. The molecular weight excluding hydrogens is 211 g/mol. The first-order chi connectivity index (χ1) is 6.81. The van der Waals surface area contributed by atoms with Gasteiger partial charge in [0.05, 0.1) is 6.54 Å². The lowest BCUT2D eigenvalue weighted by Crippen LogP contribution is -2.30. The minimum absolute atomic E-state index is 0.0699. The second kappa shape index (κ2) is 6.66. The van der Waals surface area contributed by atoms with Crippen molar-refractivity contribution in [1.29, 1.82) is 0 Å². The molecular formula is C9H16F3NO2. The summed E-state index contributed by atoms with van der Waals surface area (Å²) < 4.78 is 35.1. The molecule has 0 fully saturated rings. The molecule has 2 N–H and O–H groups in total. The fourth-order valence-corrected chi connectivity index (χ4v) is 1.09. The van der Waals surface area contributed by atoms with Gasteiger partial charge in [-0.15, -0.1) is 0 Å². The first-order valence-electron chi connectivity index (χ1n) is 4.80. The van der Waals surface area contributed by atoms with Crippen LogP contribution in [0, 0.1) is 5.92 Å². The molecule has 0 aliphatic heterocycles. The molecule has 0 bridgehead atoms. The van der Waals surface area contributed by atoms with Crippen LogP contribution in [-0.4, -0.2) is 30.3 Å². The number of halogens is 3. The topological polar surface area (TPSA) is 49.3 Å². The summed E-state index contributed by atoms with van der Waals surface area (Å²) >= 11 is 0. The largest absolute Gasteiger partial charge is 0.481 e. The molecule has 0 rings (SSSR count). The maximum Gasteiger partial charge on any atom is 0.401 e. The molecule has 15 heavy (non-hydrogen) atoms. The van der Waals surface area contributed by atoms with Crippen LogP contribution in [0.5, 0.6) is 0 Å². The van der Waals surface area contributed by atoms with Crippen molar-refractivity contribution in [3.05, 3.63) is 0 Å². The highest BCUT2D eigenvalue weighted by Crippen LogP contribution is 2.13. The van der Waals surface area contributed by atoms with Gasteiger partial charge in [0.25, 0.3) is 0 Å². The zero-order chi connectivity index (χ0) is 11.9. The summed E-state index contributed by atoms with van der Waals surface area (Å²) in [5.74, 6) is -0.744. The summed E-state index contributed by atoms with van der Waals surface area (Å²) in [7, 11) is 0. The quantitative estimate of drug-likeness (QED) is 0.654. The Morgan fingerprint density at radius 2 is 2.00 bits per heavy atom. The maximum atomic E-state index is 11.7. The number of carboxylic acids is 1. The number of carbonyl (C=O) groups is 1. The highest BCUT2D eigenvalue weighted by Gasteiger charge is 2.25. The van der Waals surface area contributed by atoms with Crippen LogP contribution < -0.4 is 5.32 Å². The number of alkyl halides is 3. The molecule has 0 heterocycles. The van der Waals surface area contributed by atoms with Crippen LogP contribution >= 0.6 is 0 Å². The van der Waals surface area contributed by atoms with Crippen LogP contribution in [0.25, 0.3) is 0 Å². The molecule has 0 aromatic rings. The number of carboxylic acid groups (broad SMARTS) is 1. The highest BCUT2D eigenvalue weighted by molar-refractivity contribution is 5.66. The first kappa shape index (κ1) is 14.2. The number of rotatable bonds is 7. The van der Waals surface area contributed by atoms with Gasteiger partial charge in [0.2, 0.25) is 0 Å². The normalized spacial score (nSPS) is 13.9. The lowest BCUT2D eigenvalue weighted by atomic mass is 10.0. The SMILES string of the molecule is CC(CCNCC(F)(F)F)CCC(=O)O. The average molecular weight is 227 g/mol. The Bertz CT molecular complexity index is 194. The Morgan fingerprint density at radius 3 is 2.47 bits per heavy atom. The number of aliphatic carboxylic acids is 1. The fraction of sp³-hybridized carbons (Fsp3) is 0.889. The summed E-state index contributed by atoms with van der Waals surface area (Å²) in [4.78, 5) is 10.2. The molecule has 6 heteroatoms. The maximum absolute atomic E-state index is 11.7. The molecule has 1 atom stereocenters. The van der Waals surface area contributed by atoms with E-state index in [1.165, 1.54) is 0 Å². The zero-order valence-corrected chi connectivity index (χ0v) is 8.60. The van der Waals surface area contributed by atoms with E-state index in [0.29, 0.717) is 12.8 Å². The number of hydrogen-bond acceptors (Lipinski definition) is 2. The van der Waals surface area contributed by atoms with E-state index in [2.05, 4.69) is 5.32 Å². The van der Waals surface area contributed by atoms with E-state index in [-0.39, 0.29) is 18.9 Å². The van der Waals surface area contributed by atoms with Crippen LogP contribution in [-0.2, 0) is 4.79 Å². The third kappa shape index (κ3) is 11.1. The minimum Gasteiger partial charge on any atom is -0.481 e. The van der Waals surface area contributed by atoms with Crippen molar-refractivity contribution >= 4 is 5.97 Å². The van der Waals surface area contributed by atoms with E-state index in [9.17, 15) is 18.0 Å². The van der Waals surface area contributed by atoms with Gasteiger partial charge in [0, 0.05) is 6.42 Å². The first-order valence-corrected chi connectivity index (χ1v) is 4.80. The third-order valence-corrected chi connectivity index (χ3v) is 1.99. The second-order valence-electron chi connectivity index (χ2n) is 3.62. The minimum atomic E-state index is -4.18.